The van der Waals surface area contributed by atoms with Gasteiger partial charge in [0.15, 0.2) is 14.9 Å². The number of hydrogen-bond donors (Lipinski definition) is 1. The van der Waals surface area contributed by atoms with Crippen LogP contribution in [0, 0.1) is 5.92 Å². The third-order valence-corrected chi connectivity index (χ3v) is 6.56. The molecule has 0 spiro atoms. The molecule has 0 aromatic rings. The van der Waals surface area contributed by atoms with Crippen molar-refractivity contribution in [2.45, 2.75) is 12.8 Å². The van der Waals surface area contributed by atoms with Crippen molar-refractivity contribution in [2.24, 2.45) is 5.92 Å². The Labute approximate surface area is 96.2 Å². The van der Waals surface area contributed by atoms with Gasteiger partial charge >= 0.3 is 0 Å². The van der Waals surface area contributed by atoms with Crippen molar-refractivity contribution in [3.8, 4) is 0 Å². The van der Waals surface area contributed by atoms with Crippen LogP contribution < -0.4 is 0 Å². The van der Waals surface area contributed by atoms with Gasteiger partial charge in [0.05, 0.1) is 0 Å². The minimum absolute atomic E-state index is 0.0324. The van der Waals surface area contributed by atoms with E-state index in [-0.39, 0.29) is 12.5 Å². The van der Waals surface area contributed by atoms with Crippen molar-refractivity contribution in [2.75, 3.05) is 31.0 Å². The lowest BCUT2D eigenvalue weighted by Gasteiger charge is -2.15. The molecule has 1 atom stereocenters. The van der Waals surface area contributed by atoms with E-state index in [0.717, 1.165) is 6.26 Å². The van der Waals surface area contributed by atoms with Crippen LogP contribution in [-0.4, -0.2) is 57.3 Å². The minimum Gasteiger partial charge on any atom is -0.396 e. The van der Waals surface area contributed by atoms with E-state index < -0.39 is 24.9 Å². The quantitative estimate of drug-likeness (QED) is 0.694. The maximum Gasteiger partial charge on any atom is 0.228 e. The molecule has 1 saturated heterocycles. The number of hydrogen-bond acceptors (Lipinski definition) is 5. The first kappa shape index (κ1) is 13.9. The lowest BCUT2D eigenvalue weighted by molar-refractivity contribution is 0.260. The molecule has 1 rings (SSSR count). The SMILES string of the molecule is CS(=O)(=O)CS(=O)(=O)N1CCC(CCO)C1. The second-order valence-electron chi connectivity index (χ2n) is 4.18. The summed E-state index contributed by atoms with van der Waals surface area (Å²) in [7, 11) is -7.23. The number of nitrogens with zero attached hydrogens (tertiary/aromatic N) is 1. The second-order valence-corrected chi connectivity index (χ2v) is 8.66. The second kappa shape index (κ2) is 4.99. The van der Waals surface area contributed by atoms with E-state index in [1.54, 1.807) is 0 Å². The van der Waals surface area contributed by atoms with Crippen molar-refractivity contribution in [3.05, 3.63) is 0 Å². The molecular formula is C8H17NO5S2. The lowest BCUT2D eigenvalue weighted by atomic mass is 10.1. The third kappa shape index (κ3) is 4.00. The summed E-state index contributed by atoms with van der Waals surface area (Å²) >= 11 is 0. The molecule has 1 fully saturated rings. The van der Waals surface area contributed by atoms with E-state index in [0.29, 0.717) is 25.9 Å². The van der Waals surface area contributed by atoms with Crippen LogP contribution in [0.15, 0.2) is 0 Å². The fourth-order valence-electron chi connectivity index (χ4n) is 1.81. The zero-order chi connectivity index (χ0) is 12.4. The van der Waals surface area contributed by atoms with Gasteiger partial charge in [-0.3, -0.25) is 0 Å². The van der Waals surface area contributed by atoms with Crippen molar-refractivity contribution in [3.63, 3.8) is 0 Å². The number of aliphatic hydroxyl groups is 1. The summed E-state index contributed by atoms with van der Waals surface area (Å²) in [6.45, 7) is 0.700. The Morgan fingerprint density at radius 3 is 2.44 bits per heavy atom. The van der Waals surface area contributed by atoms with Gasteiger partial charge < -0.3 is 5.11 Å². The summed E-state index contributed by atoms with van der Waals surface area (Å²) in [5.41, 5.74) is 0. The molecular weight excluding hydrogens is 254 g/mol. The van der Waals surface area contributed by atoms with Gasteiger partial charge in [0.25, 0.3) is 0 Å². The molecule has 1 aliphatic heterocycles. The molecule has 1 unspecified atom stereocenters. The normalized spacial score (nSPS) is 23.8. The van der Waals surface area contributed by atoms with Crippen LogP contribution in [0.3, 0.4) is 0 Å². The van der Waals surface area contributed by atoms with Gasteiger partial charge in [0.2, 0.25) is 10.0 Å². The van der Waals surface area contributed by atoms with Gasteiger partial charge in [0, 0.05) is 26.0 Å². The molecule has 8 heteroatoms. The highest BCUT2D eigenvalue weighted by Crippen LogP contribution is 2.22. The first-order valence-corrected chi connectivity index (χ1v) is 8.68. The van der Waals surface area contributed by atoms with Gasteiger partial charge in [-0.15, -0.1) is 0 Å². The number of sulfone groups is 1. The maximum absolute atomic E-state index is 11.7. The molecule has 0 saturated carbocycles. The zero-order valence-electron chi connectivity index (χ0n) is 9.16. The number of rotatable bonds is 5. The fourth-order valence-corrected chi connectivity index (χ4v) is 5.40. The van der Waals surface area contributed by atoms with Gasteiger partial charge in [-0.2, -0.15) is 0 Å². The minimum atomic E-state index is -3.71. The molecule has 1 heterocycles. The molecule has 0 aliphatic carbocycles. The summed E-state index contributed by atoms with van der Waals surface area (Å²) in [6.07, 6.45) is 2.15. The van der Waals surface area contributed by atoms with Crippen LogP contribution in [0.2, 0.25) is 0 Å². The Morgan fingerprint density at radius 2 is 1.94 bits per heavy atom. The van der Waals surface area contributed by atoms with Crippen LogP contribution in [0.1, 0.15) is 12.8 Å². The molecule has 6 nitrogen and oxygen atoms in total. The Kier molecular flexibility index (Phi) is 4.33. The molecule has 0 amide bonds. The summed E-state index contributed by atoms with van der Waals surface area (Å²) in [4.78, 5) is 0. The molecule has 1 N–H and O–H groups in total. The highest BCUT2D eigenvalue weighted by molar-refractivity contribution is 8.06. The van der Waals surface area contributed by atoms with E-state index in [1.807, 2.05) is 0 Å². The van der Waals surface area contributed by atoms with Crippen molar-refractivity contribution in [1.29, 1.82) is 0 Å². The average Bonchev–Trinajstić information content (AvgIpc) is 2.49. The van der Waals surface area contributed by atoms with Crippen LogP contribution >= 0.6 is 0 Å². The van der Waals surface area contributed by atoms with Crippen molar-refractivity contribution in [1.82, 2.24) is 4.31 Å². The van der Waals surface area contributed by atoms with E-state index in [9.17, 15) is 16.8 Å². The van der Waals surface area contributed by atoms with E-state index in [2.05, 4.69) is 0 Å². The van der Waals surface area contributed by atoms with Crippen LogP contribution in [0.25, 0.3) is 0 Å². The Morgan fingerprint density at radius 1 is 1.31 bits per heavy atom. The molecule has 0 radical (unpaired) electrons. The largest absolute Gasteiger partial charge is 0.396 e. The molecule has 16 heavy (non-hydrogen) atoms. The van der Waals surface area contributed by atoms with Gasteiger partial charge in [-0.05, 0) is 18.8 Å². The van der Waals surface area contributed by atoms with Crippen molar-refractivity contribution < 1.29 is 21.9 Å². The maximum atomic E-state index is 11.7. The summed E-state index contributed by atoms with van der Waals surface area (Å²) in [6, 6.07) is 0. The third-order valence-electron chi connectivity index (χ3n) is 2.54. The van der Waals surface area contributed by atoms with Gasteiger partial charge in [0.1, 0.15) is 0 Å². The fraction of sp³-hybridized carbons (Fsp3) is 1.00. The van der Waals surface area contributed by atoms with E-state index in [1.165, 1.54) is 4.31 Å². The zero-order valence-corrected chi connectivity index (χ0v) is 10.8. The Balaban J connectivity index is 2.66. The first-order valence-electron chi connectivity index (χ1n) is 5.01. The average molecular weight is 271 g/mol. The highest BCUT2D eigenvalue weighted by atomic mass is 32.3. The number of aliphatic hydroxyl groups excluding tert-OH is 1. The molecule has 96 valence electrons. The van der Waals surface area contributed by atoms with Gasteiger partial charge in [-0.1, -0.05) is 0 Å². The predicted molar refractivity (Wildman–Crippen MR) is 60.0 cm³/mol. The van der Waals surface area contributed by atoms with Crippen LogP contribution in [-0.2, 0) is 19.9 Å². The molecule has 0 bridgehead atoms. The Hall–Kier alpha value is -0.180. The summed E-state index contributed by atoms with van der Waals surface area (Å²) in [5, 5.41) is 7.91. The summed E-state index contributed by atoms with van der Waals surface area (Å²) in [5.74, 6) is 0.138. The molecule has 0 aromatic carbocycles. The highest BCUT2D eigenvalue weighted by Gasteiger charge is 2.32. The topological polar surface area (TPSA) is 91.8 Å². The lowest BCUT2D eigenvalue weighted by Crippen LogP contribution is -2.33. The predicted octanol–water partition coefficient (Wildman–Crippen LogP) is -0.977. The standard InChI is InChI=1S/C8H17NO5S2/c1-15(11,12)7-16(13,14)9-4-2-8(6-9)3-5-10/h8,10H,2-7H2,1H3. The first-order chi connectivity index (χ1) is 7.24. The van der Waals surface area contributed by atoms with Crippen LogP contribution in [0.5, 0.6) is 0 Å². The monoisotopic (exact) mass is 271 g/mol. The smallest absolute Gasteiger partial charge is 0.228 e. The summed E-state index contributed by atoms with van der Waals surface area (Å²) < 4.78 is 46.5. The Bertz CT molecular complexity index is 427. The molecule has 0 aromatic heterocycles. The van der Waals surface area contributed by atoms with Crippen molar-refractivity contribution >= 4 is 19.9 Å². The van der Waals surface area contributed by atoms with E-state index in [4.69, 9.17) is 5.11 Å². The number of sulfonamides is 1. The van der Waals surface area contributed by atoms with Crippen LogP contribution in [0.4, 0.5) is 0 Å². The molecule has 1 aliphatic rings. The van der Waals surface area contributed by atoms with Gasteiger partial charge in [-0.25, -0.2) is 21.1 Å². The van der Waals surface area contributed by atoms with E-state index >= 15 is 0 Å².